The molecule has 2 heteroatoms. The predicted molar refractivity (Wildman–Crippen MR) is 68.7 cm³/mol. The van der Waals surface area contributed by atoms with Crippen molar-refractivity contribution in [2.75, 3.05) is 5.73 Å². The van der Waals surface area contributed by atoms with Gasteiger partial charge in [0.1, 0.15) is 11.5 Å². The second-order valence-electron chi connectivity index (χ2n) is 3.68. The molecular weight excluding hydrogens is 198 g/mol. The Kier molecular flexibility index (Phi) is 3.10. The third-order valence-electron chi connectivity index (χ3n) is 2.53. The molecule has 0 radical (unpaired) electrons. The van der Waals surface area contributed by atoms with Crippen LogP contribution < -0.4 is 5.73 Å². The maximum absolute atomic E-state index is 5.80. The molecule has 1 aromatic heterocycles. The minimum absolute atomic E-state index is 0.646. The molecule has 1 heterocycles. The van der Waals surface area contributed by atoms with Gasteiger partial charge in [-0.15, -0.1) is 0 Å². The number of nitrogen functional groups attached to an aromatic ring is 1. The lowest BCUT2D eigenvalue weighted by Gasteiger charge is -2.02. The first-order chi connectivity index (χ1) is 7.81. The summed E-state index contributed by atoms with van der Waals surface area (Å²) in [5.74, 6) is 1.49. The van der Waals surface area contributed by atoms with Gasteiger partial charge in [0.05, 0.1) is 5.69 Å². The van der Waals surface area contributed by atoms with Gasteiger partial charge in [-0.1, -0.05) is 37.0 Å². The average molecular weight is 213 g/mol. The van der Waals surface area contributed by atoms with Gasteiger partial charge in [-0.05, 0) is 24.5 Å². The van der Waals surface area contributed by atoms with Gasteiger partial charge in [0, 0.05) is 6.07 Å². The number of hydrogen-bond donors (Lipinski definition) is 1. The molecule has 0 saturated carbocycles. The highest BCUT2D eigenvalue weighted by atomic mass is 16.3. The van der Waals surface area contributed by atoms with E-state index in [9.17, 15) is 0 Å². The van der Waals surface area contributed by atoms with Crippen LogP contribution in [0.1, 0.15) is 24.4 Å². The maximum Gasteiger partial charge on any atom is 0.149 e. The van der Waals surface area contributed by atoms with E-state index in [1.54, 1.807) is 6.08 Å². The molecule has 1 aliphatic rings. The van der Waals surface area contributed by atoms with Crippen LogP contribution in [-0.2, 0) is 0 Å². The van der Waals surface area contributed by atoms with Gasteiger partial charge in [-0.3, -0.25) is 0 Å². The monoisotopic (exact) mass is 213 g/mol. The van der Waals surface area contributed by atoms with E-state index in [4.69, 9.17) is 10.2 Å². The van der Waals surface area contributed by atoms with Crippen LogP contribution in [0.15, 0.2) is 47.4 Å². The van der Waals surface area contributed by atoms with E-state index in [-0.39, 0.29) is 0 Å². The first kappa shape index (κ1) is 10.6. The molecule has 2 N–H and O–H groups in total. The summed E-state index contributed by atoms with van der Waals surface area (Å²) in [4.78, 5) is 0. The van der Waals surface area contributed by atoms with Crippen molar-refractivity contribution in [2.24, 2.45) is 0 Å². The Balaban J connectivity index is 2.32. The van der Waals surface area contributed by atoms with Crippen LogP contribution in [0.25, 0.3) is 11.6 Å². The average Bonchev–Trinajstić information content (AvgIpc) is 2.59. The van der Waals surface area contributed by atoms with E-state index in [2.05, 4.69) is 24.8 Å². The molecule has 0 fully saturated rings. The summed E-state index contributed by atoms with van der Waals surface area (Å²) in [5, 5.41) is 0. The first-order valence-electron chi connectivity index (χ1n) is 5.36. The number of nitrogens with two attached hydrogens (primary N) is 1. The van der Waals surface area contributed by atoms with Gasteiger partial charge < -0.3 is 10.2 Å². The molecule has 0 saturated heterocycles. The van der Waals surface area contributed by atoms with Gasteiger partial charge in [-0.2, -0.15) is 0 Å². The van der Waals surface area contributed by atoms with Crippen LogP contribution >= 0.6 is 0 Å². The van der Waals surface area contributed by atoms with Crippen molar-refractivity contribution in [1.82, 2.24) is 0 Å². The summed E-state index contributed by atoms with van der Waals surface area (Å²) >= 11 is 0. The molecule has 0 aromatic carbocycles. The quantitative estimate of drug-likeness (QED) is 0.811. The number of hydrogen-bond acceptors (Lipinski definition) is 2. The SMILES string of the molecule is C=Cc1oc(/C2=C/C=C\C=C/CC2)cc1N. The zero-order valence-electron chi connectivity index (χ0n) is 9.15. The highest BCUT2D eigenvalue weighted by molar-refractivity contribution is 5.70. The van der Waals surface area contributed by atoms with Gasteiger partial charge in [0.15, 0.2) is 0 Å². The molecule has 0 amide bonds. The van der Waals surface area contributed by atoms with Gasteiger partial charge in [0.2, 0.25) is 0 Å². The van der Waals surface area contributed by atoms with E-state index in [0.717, 1.165) is 18.6 Å². The molecule has 0 bridgehead atoms. The Hall–Kier alpha value is -1.96. The third kappa shape index (κ3) is 2.16. The Morgan fingerprint density at radius 1 is 1.31 bits per heavy atom. The molecule has 16 heavy (non-hydrogen) atoms. The topological polar surface area (TPSA) is 39.2 Å². The lowest BCUT2D eigenvalue weighted by atomic mass is 10.1. The normalized spacial score (nSPS) is 22.6. The number of furan rings is 1. The Morgan fingerprint density at radius 2 is 2.19 bits per heavy atom. The smallest absolute Gasteiger partial charge is 0.149 e. The fraction of sp³-hybridized carbons (Fsp3) is 0.143. The lowest BCUT2D eigenvalue weighted by molar-refractivity contribution is 0.541. The predicted octanol–water partition coefficient (Wildman–Crippen LogP) is 3.79. The third-order valence-corrected chi connectivity index (χ3v) is 2.53. The van der Waals surface area contributed by atoms with Crippen LogP contribution in [-0.4, -0.2) is 0 Å². The zero-order valence-corrected chi connectivity index (χ0v) is 9.15. The summed E-state index contributed by atoms with van der Waals surface area (Å²) in [6, 6.07) is 1.86. The standard InChI is InChI=1S/C14H15NO/c1-2-13-12(15)10-14(16-13)11-8-6-4-3-5-7-9-11/h2-6,8,10H,1,7,9,15H2/b5-3-,6-4-,11-8+. The van der Waals surface area contributed by atoms with Crippen molar-refractivity contribution in [3.8, 4) is 0 Å². The van der Waals surface area contributed by atoms with Crippen molar-refractivity contribution in [2.45, 2.75) is 12.8 Å². The van der Waals surface area contributed by atoms with Gasteiger partial charge >= 0.3 is 0 Å². The molecule has 1 aliphatic carbocycles. The van der Waals surface area contributed by atoms with Crippen LogP contribution in [0.5, 0.6) is 0 Å². The van der Waals surface area contributed by atoms with E-state index in [0.29, 0.717) is 11.4 Å². The van der Waals surface area contributed by atoms with E-state index < -0.39 is 0 Å². The first-order valence-corrected chi connectivity index (χ1v) is 5.36. The molecule has 2 rings (SSSR count). The Labute approximate surface area is 95.5 Å². The molecular formula is C14H15NO. The highest BCUT2D eigenvalue weighted by Gasteiger charge is 2.09. The summed E-state index contributed by atoms with van der Waals surface area (Å²) in [6.07, 6.45) is 13.9. The van der Waals surface area contributed by atoms with E-state index >= 15 is 0 Å². The van der Waals surface area contributed by atoms with E-state index in [1.807, 2.05) is 18.2 Å². The molecule has 0 aliphatic heterocycles. The highest BCUT2D eigenvalue weighted by Crippen LogP contribution is 2.28. The Bertz CT molecular complexity index is 475. The zero-order chi connectivity index (χ0) is 11.4. The molecule has 0 spiro atoms. The van der Waals surface area contributed by atoms with Crippen molar-refractivity contribution in [1.29, 1.82) is 0 Å². The minimum Gasteiger partial charge on any atom is -0.455 e. The molecule has 0 unspecified atom stereocenters. The molecule has 1 aromatic rings. The Morgan fingerprint density at radius 3 is 2.94 bits per heavy atom. The van der Waals surface area contributed by atoms with Crippen LogP contribution in [0, 0.1) is 0 Å². The van der Waals surface area contributed by atoms with E-state index in [1.165, 1.54) is 5.57 Å². The largest absolute Gasteiger partial charge is 0.455 e. The fourth-order valence-corrected chi connectivity index (χ4v) is 1.68. The second kappa shape index (κ2) is 4.71. The number of allylic oxidation sites excluding steroid dienone is 6. The lowest BCUT2D eigenvalue weighted by Crippen LogP contribution is -1.83. The summed E-state index contributed by atoms with van der Waals surface area (Å²) in [7, 11) is 0. The van der Waals surface area contributed by atoms with Crippen molar-refractivity contribution < 1.29 is 4.42 Å². The molecule has 0 atom stereocenters. The second-order valence-corrected chi connectivity index (χ2v) is 3.68. The van der Waals surface area contributed by atoms with Crippen molar-refractivity contribution in [3.63, 3.8) is 0 Å². The molecule has 2 nitrogen and oxygen atoms in total. The number of anilines is 1. The maximum atomic E-state index is 5.80. The molecule has 82 valence electrons. The number of rotatable bonds is 2. The van der Waals surface area contributed by atoms with Gasteiger partial charge in [0.25, 0.3) is 0 Å². The fourth-order valence-electron chi connectivity index (χ4n) is 1.68. The van der Waals surface area contributed by atoms with Crippen molar-refractivity contribution in [3.05, 3.63) is 54.5 Å². The van der Waals surface area contributed by atoms with Crippen molar-refractivity contribution >= 4 is 17.3 Å². The van der Waals surface area contributed by atoms with Gasteiger partial charge in [-0.25, -0.2) is 0 Å². The summed E-state index contributed by atoms with van der Waals surface area (Å²) in [5.41, 5.74) is 7.62. The summed E-state index contributed by atoms with van der Waals surface area (Å²) < 4.78 is 5.63. The van der Waals surface area contributed by atoms with Crippen LogP contribution in [0.3, 0.4) is 0 Å². The minimum atomic E-state index is 0.646. The van der Waals surface area contributed by atoms with Crippen LogP contribution in [0.4, 0.5) is 5.69 Å². The summed E-state index contributed by atoms with van der Waals surface area (Å²) in [6.45, 7) is 3.67. The van der Waals surface area contributed by atoms with Crippen LogP contribution in [0.2, 0.25) is 0 Å².